The summed E-state index contributed by atoms with van der Waals surface area (Å²) in [6, 6.07) is 6.27. The number of rotatable bonds is 9. The molecule has 0 heterocycles. The molecule has 102 valence electrons. The topological polar surface area (TPSA) is 33.3 Å². The Bertz CT molecular complexity index is 345. The smallest absolute Gasteiger partial charge is 0.133 e. The van der Waals surface area contributed by atoms with Gasteiger partial charge in [-0.15, -0.1) is 0 Å². The average Bonchev–Trinajstić information content (AvgIpc) is 2.37. The molecule has 1 rings (SSSR count). The number of benzene rings is 1. The monoisotopic (exact) mass is 314 g/mol. The summed E-state index contributed by atoms with van der Waals surface area (Å²) in [7, 11) is 1.98. The lowest BCUT2D eigenvalue weighted by atomic mass is 10.2. The fourth-order valence-electron chi connectivity index (χ4n) is 1.61. The third-order valence-corrected chi connectivity index (χ3v) is 3.19. The molecular weight excluding hydrogens is 292 g/mol. The predicted octanol–water partition coefficient (Wildman–Crippen LogP) is 2.94. The summed E-state index contributed by atoms with van der Waals surface area (Å²) in [6.45, 7) is 5.86. The maximum absolute atomic E-state index is 5.62. The number of hydrogen-bond donors (Lipinski definition) is 2. The van der Waals surface area contributed by atoms with Crippen LogP contribution >= 0.6 is 15.9 Å². The fourth-order valence-corrected chi connectivity index (χ4v) is 2.15. The van der Waals surface area contributed by atoms with Crippen molar-refractivity contribution in [3.63, 3.8) is 0 Å². The molecule has 4 heteroatoms. The van der Waals surface area contributed by atoms with Crippen LogP contribution in [-0.2, 0) is 6.54 Å². The Morgan fingerprint density at radius 1 is 1.28 bits per heavy atom. The highest BCUT2D eigenvalue weighted by Crippen LogP contribution is 2.26. The molecule has 18 heavy (non-hydrogen) atoms. The zero-order chi connectivity index (χ0) is 13.2. The lowest BCUT2D eigenvalue weighted by molar-refractivity contribution is 0.315. The molecule has 0 aliphatic rings. The Morgan fingerprint density at radius 2 is 2.11 bits per heavy atom. The maximum atomic E-state index is 5.62. The van der Waals surface area contributed by atoms with Gasteiger partial charge in [0.25, 0.3) is 0 Å². The molecule has 0 aromatic heterocycles. The van der Waals surface area contributed by atoms with Crippen molar-refractivity contribution in [3.8, 4) is 5.75 Å². The standard InChI is InChI=1S/C14H23BrN2O/c1-3-9-18-14-6-5-12(10-13(14)15)11-17-8-4-7-16-2/h5-6,10,16-17H,3-4,7-9,11H2,1-2H3. The van der Waals surface area contributed by atoms with E-state index in [0.29, 0.717) is 0 Å². The van der Waals surface area contributed by atoms with Gasteiger partial charge in [0.2, 0.25) is 0 Å². The van der Waals surface area contributed by atoms with E-state index in [1.54, 1.807) is 0 Å². The van der Waals surface area contributed by atoms with Crippen LogP contribution in [0.4, 0.5) is 0 Å². The van der Waals surface area contributed by atoms with Crippen LogP contribution < -0.4 is 15.4 Å². The highest BCUT2D eigenvalue weighted by Gasteiger charge is 2.02. The molecule has 0 spiro atoms. The van der Waals surface area contributed by atoms with Crippen LogP contribution in [0, 0.1) is 0 Å². The maximum Gasteiger partial charge on any atom is 0.133 e. The molecule has 0 atom stereocenters. The second-order valence-electron chi connectivity index (χ2n) is 4.25. The molecule has 0 fully saturated rings. The van der Waals surface area contributed by atoms with E-state index in [1.807, 2.05) is 13.1 Å². The van der Waals surface area contributed by atoms with Crippen LogP contribution in [0.2, 0.25) is 0 Å². The summed E-state index contributed by atoms with van der Waals surface area (Å²) in [5.74, 6) is 0.927. The summed E-state index contributed by atoms with van der Waals surface area (Å²) in [5.41, 5.74) is 1.27. The first-order chi connectivity index (χ1) is 8.77. The number of nitrogens with one attached hydrogen (secondary N) is 2. The molecule has 1 aromatic rings. The molecule has 0 amide bonds. The van der Waals surface area contributed by atoms with Crippen molar-refractivity contribution < 1.29 is 4.74 Å². The van der Waals surface area contributed by atoms with Crippen molar-refractivity contribution in [3.05, 3.63) is 28.2 Å². The molecule has 0 radical (unpaired) electrons. The first-order valence-electron chi connectivity index (χ1n) is 6.54. The van der Waals surface area contributed by atoms with Crippen molar-refractivity contribution >= 4 is 15.9 Å². The minimum atomic E-state index is 0.764. The molecule has 0 aliphatic carbocycles. The Labute approximate surface area is 118 Å². The Morgan fingerprint density at radius 3 is 2.78 bits per heavy atom. The van der Waals surface area contributed by atoms with Crippen LogP contribution in [-0.4, -0.2) is 26.7 Å². The molecule has 2 N–H and O–H groups in total. The van der Waals surface area contributed by atoms with Crippen molar-refractivity contribution in [2.75, 3.05) is 26.7 Å². The van der Waals surface area contributed by atoms with Gasteiger partial charge < -0.3 is 15.4 Å². The van der Waals surface area contributed by atoms with E-state index in [2.05, 4.69) is 45.6 Å². The molecule has 0 unspecified atom stereocenters. The van der Waals surface area contributed by atoms with Gasteiger partial charge in [0.15, 0.2) is 0 Å². The molecule has 0 bridgehead atoms. The van der Waals surface area contributed by atoms with Gasteiger partial charge >= 0.3 is 0 Å². The predicted molar refractivity (Wildman–Crippen MR) is 80.2 cm³/mol. The van der Waals surface area contributed by atoms with Gasteiger partial charge in [-0.25, -0.2) is 0 Å². The van der Waals surface area contributed by atoms with Crippen molar-refractivity contribution in [2.24, 2.45) is 0 Å². The van der Waals surface area contributed by atoms with Gasteiger partial charge in [0.1, 0.15) is 5.75 Å². The van der Waals surface area contributed by atoms with E-state index >= 15 is 0 Å². The SMILES string of the molecule is CCCOc1ccc(CNCCCNC)cc1Br. The molecule has 0 saturated heterocycles. The van der Waals surface area contributed by atoms with Crippen molar-refractivity contribution in [1.82, 2.24) is 10.6 Å². The quantitative estimate of drug-likeness (QED) is 0.688. The molecular formula is C14H23BrN2O. The number of hydrogen-bond acceptors (Lipinski definition) is 3. The Kier molecular flexibility index (Phi) is 8.05. The highest BCUT2D eigenvalue weighted by atomic mass is 79.9. The van der Waals surface area contributed by atoms with Gasteiger partial charge in [0, 0.05) is 6.54 Å². The van der Waals surface area contributed by atoms with Crippen LogP contribution in [0.5, 0.6) is 5.75 Å². The summed E-state index contributed by atoms with van der Waals surface area (Å²) in [6.07, 6.45) is 2.18. The third-order valence-electron chi connectivity index (χ3n) is 2.57. The highest BCUT2D eigenvalue weighted by molar-refractivity contribution is 9.10. The first kappa shape index (κ1) is 15.5. The van der Waals surface area contributed by atoms with E-state index in [9.17, 15) is 0 Å². The van der Waals surface area contributed by atoms with Gasteiger partial charge in [-0.05, 0) is 66.6 Å². The number of halogens is 1. The van der Waals surface area contributed by atoms with Crippen molar-refractivity contribution in [2.45, 2.75) is 26.3 Å². The second-order valence-corrected chi connectivity index (χ2v) is 5.10. The summed E-state index contributed by atoms with van der Waals surface area (Å²) >= 11 is 3.55. The average molecular weight is 315 g/mol. The summed E-state index contributed by atoms with van der Waals surface area (Å²) in [5, 5.41) is 6.56. The van der Waals surface area contributed by atoms with Gasteiger partial charge in [-0.2, -0.15) is 0 Å². The van der Waals surface area contributed by atoms with Crippen LogP contribution in [0.25, 0.3) is 0 Å². The lowest BCUT2D eigenvalue weighted by Gasteiger charge is -2.09. The van der Waals surface area contributed by atoms with Gasteiger partial charge in [-0.3, -0.25) is 0 Å². The van der Waals surface area contributed by atoms with Gasteiger partial charge in [-0.1, -0.05) is 13.0 Å². The fraction of sp³-hybridized carbons (Fsp3) is 0.571. The van der Waals surface area contributed by atoms with Crippen LogP contribution in [0.3, 0.4) is 0 Å². The molecule has 0 saturated carbocycles. The lowest BCUT2D eigenvalue weighted by Crippen LogP contribution is -2.19. The summed E-state index contributed by atoms with van der Waals surface area (Å²) < 4.78 is 6.66. The minimum Gasteiger partial charge on any atom is -0.492 e. The number of ether oxygens (including phenoxy) is 1. The minimum absolute atomic E-state index is 0.764. The molecule has 0 aliphatic heterocycles. The van der Waals surface area contributed by atoms with E-state index < -0.39 is 0 Å². The van der Waals surface area contributed by atoms with Crippen molar-refractivity contribution in [1.29, 1.82) is 0 Å². The largest absolute Gasteiger partial charge is 0.492 e. The Hall–Kier alpha value is -0.580. The normalized spacial score (nSPS) is 10.6. The van der Waals surface area contributed by atoms with E-state index in [0.717, 1.165) is 49.3 Å². The first-order valence-corrected chi connectivity index (χ1v) is 7.33. The van der Waals surface area contributed by atoms with Gasteiger partial charge in [0.05, 0.1) is 11.1 Å². The van der Waals surface area contributed by atoms with E-state index in [-0.39, 0.29) is 0 Å². The van der Waals surface area contributed by atoms with Crippen LogP contribution in [0.15, 0.2) is 22.7 Å². The second kappa shape index (κ2) is 9.36. The van der Waals surface area contributed by atoms with Crippen LogP contribution in [0.1, 0.15) is 25.3 Å². The van der Waals surface area contributed by atoms with E-state index in [4.69, 9.17) is 4.74 Å². The summed E-state index contributed by atoms with van der Waals surface area (Å²) in [4.78, 5) is 0. The zero-order valence-electron chi connectivity index (χ0n) is 11.3. The molecule has 3 nitrogen and oxygen atoms in total. The van der Waals surface area contributed by atoms with E-state index in [1.165, 1.54) is 5.56 Å². The third kappa shape index (κ3) is 5.85. The molecule has 1 aromatic carbocycles. The Balaban J connectivity index is 2.36. The zero-order valence-corrected chi connectivity index (χ0v) is 12.8.